The molecule has 27 heavy (non-hydrogen) atoms. The van der Waals surface area contributed by atoms with Crippen molar-refractivity contribution in [3.8, 4) is 11.4 Å². The number of carbonyl (C=O) groups excluding carboxylic acids is 1. The Morgan fingerprint density at radius 3 is 3.00 bits per heavy atom. The van der Waals surface area contributed by atoms with Gasteiger partial charge in [0.25, 0.3) is 5.91 Å². The van der Waals surface area contributed by atoms with Gasteiger partial charge in [-0.05, 0) is 43.7 Å². The molecule has 0 bridgehead atoms. The Morgan fingerprint density at radius 1 is 1.33 bits per heavy atom. The summed E-state index contributed by atoms with van der Waals surface area (Å²) in [7, 11) is 0. The number of fused-ring (bicyclic) bond motifs is 1. The molecule has 9 heteroatoms. The van der Waals surface area contributed by atoms with Crippen LogP contribution >= 0.6 is 0 Å². The van der Waals surface area contributed by atoms with Crippen molar-refractivity contribution < 1.29 is 13.7 Å². The van der Waals surface area contributed by atoms with Crippen LogP contribution in [0.5, 0.6) is 0 Å². The van der Waals surface area contributed by atoms with Gasteiger partial charge in [-0.25, -0.2) is 4.68 Å². The van der Waals surface area contributed by atoms with E-state index < -0.39 is 6.04 Å². The molecule has 9 nitrogen and oxygen atoms in total. The third kappa shape index (κ3) is 3.31. The van der Waals surface area contributed by atoms with Gasteiger partial charge in [0, 0.05) is 12.1 Å². The van der Waals surface area contributed by atoms with Crippen molar-refractivity contribution in [3.63, 3.8) is 0 Å². The second-order valence-corrected chi connectivity index (χ2v) is 6.14. The number of aromatic nitrogens is 5. The van der Waals surface area contributed by atoms with Gasteiger partial charge in [-0.3, -0.25) is 4.79 Å². The number of aryl methyl sites for hydroxylation is 1. The van der Waals surface area contributed by atoms with Gasteiger partial charge in [-0.15, -0.1) is 5.10 Å². The van der Waals surface area contributed by atoms with Crippen LogP contribution in [0.1, 0.15) is 42.8 Å². The first-order valence-corrected chi connectivity index (χ1v) is 8.67. The van der Waals surface area contributed by atoms with E-state index in [1.54, 1.807) is 19.1 Å². The fourth-order valence-electron chi connectivity index (χ4n) is 2.75. The molecule has 0 saturated heterocycles. The quantitative estimate of drug-likeness (QED) is 0.558. The Kier molecular flexibility index (Phi) is 4.41. The van der Waals surface area contributed by atoms with Gasteiger partial charge in [0.1, 0.15) is 11.6 Å². The monoisotopic (exact) mass is 366 g/mol. The number of hydrogen-bond acceptors (Lipinski definition) is 7. The van der Waals surface area contributed by atoms with E-state index in [4.69, 9.17) is 8.94 Å². The molecule has 0 radical (unpaired) electrons. The van der Waals surface area contributed by atoms with E-state index in [9.17, 15) is 4.79 Å². The summed E-state index contributed by atoms with van der Waals surface area (Å²) in [5.74, 6) is 0.610. The number of hydrogen-bond donors (Lipinski definition) is 1. The molecule has 0 fully saturated rings. The lowest BCUT2D eigenvalue weighted by atomic mass is 10.2. The maximum absolute atomic E-state index is 12.1. The third-order valence-corrected chi connectivity index (χ3v) is 4.11. The molecule has 4 rings (SSSR count). The lowest BCUT2D eigenvalue weighted by Crippen LogP contribution is -2.26. The molecule has 1 N–H and O–H groups in total. The molecule has 3 heterocycles. The lowest BCUT2D eigenvalue weighted by molar-refractivity contribution is 0.0904. The van der Waals surface area contributed by atoms with Gasteiger partial charge in [-0.1, -0.05) is 17.3 Å². The Bertz CT molecular complexity index is 1070. The van der Waals surface area contributed by atoms with E-state index in [2.05, 4.69) is 32.7 Å². The van der Waals surface area contributed by atoms with Gasteiger partial charge in [0.15, 0.2) is 5.76 Å². The Balaban J connectivity index is 1.53. The first-order valence-electron chi connectivity index (χ1n) is 8.67. The van der Waals surface area contributed by atoms with Crippen molar-refractivity contribution in [1.29, 1.82) is 0 Å². The average Bonchev–Trinajstić information content (AvgIpc) is 3.42. The normalized spacial score (nSPS) is 12.4. The van der Waals surface area contributed by atoms with Gasteiger partial charge in [-0.2, -0.15) is 4.98 Å². The molecule has 1 aromatic carbocycles. The second-order valence-electron chi connectivity index (χ2n) is 6.14. The number of furan rings is 1. The van der Waals surface area contributed by atoms with Crippen LogP contribution in [0.25, 0.3) is 22.4 Å². The van der Waals surface area contributed by atoms with Crippen LogP contribution in [0.4, 0.5) is 0 Å². The highest BCUT2D eigenvalue weighted by Crippen LogP contribution is 2.23. The molecular formula is C18H18N6O3. The van der Waals surface area contributed by atoms with Crippen molar-refractivity contribution >= 4 is 16.9 Å². The van der Waals surface area contributed by atoms with E-state index in [-0.39, 0.29) is 11.7 Å². The summed E-state index contributed by atoms with van der Waals surface area (Å²) in [6.07, 6.45) is 2.42. The van der Waals surface area contributed by atoms with E-state index in [0.29, 0.717) is 11.7 Å². The fourth-order valence-corrected chi connectivity index (χ4v) is 2.75. The van der Waals surface area contributed by atoms with Crippen LogP contribution in [0.2, 0.25) is 0 Å². The molecule has 0 unspecified atom stereocenters. The van der Waals surface area contributed by atoms with E-state index in [0.717, 1.165) is 29.6 Å². The molecule has 0 aliphatic heterocycles. The zero-order valence-corrected chi connectivity index (χ0v) is 14.9. The Hall–Kier alpha value is -3.49. The van der Waals surface area contributed by atoms with Crippen LogP contribution in [-0.4, -0.2) is 31.0 Å². The van der Waals surface area contributed by atoms with Crippen molar-refractivity contribution in [2.24, 2.45) is 0 Å². The first-order chi connectivity index (χ1) is 13.2. The van der Waals surface area contributed by atoms with Gasteiger partial charge >= 0.3 is 0 Å². The molecule has 3 aromatic heterocycles. The Morgan fingerprint density at radius 2 is 2.22 bits per heavy atom. The predicted molar refractivity (Wildman–Crippen MR) is 95.7 cm³/mol. The molecule has 138 valence electrons. The minimum Gasteiger partial charge on any atom is -0.459 e. The van der Waals surface area contributed by atoms with Crippen LogP contribution in [0, 0.1) is 0 Å². The largest absolute Gasteiger partial charge is 0.459 e. The molecule has 1 atom stereocenters. The van der Waals surface area contributed by atoms with E-state index in [1.165, 1.54) is 6.26 Å². The van der Waals surface area contributed by atoms with Crippen molar-refractivity contribution in [3.05, 3.63) is 48.2 Å². The highest BCUT2D eigenvalue weighted by Gasteiger charge is 2.19. The summed E-state index contributed by atoms with van der Waals surface area (Å²) in [4.78, 5) is 16.4. The lowest BCUT2D eigenvalue weighted by Gasteiger charge is -2.07. The van der Waals surface area contributed by atoms with Crippen molar-refractivity contribution in [2.75, 3.05) is 0 Å². The highest BCUT2D eigenvalue weighted by atomic mass is 16.5. The van der Waals surface area contributed by atoms with Gasteiger partial charge in [0.05, 0.1) is 11.8 Å². The molecular weight excluding hydrogens is 348 g/mol. The number of nitrogens with zero attached hydrogens (tertiary/aromatic N) is 5. The predicted octanol–water partition coefficient (Wildman–Crippen LogP) is 2.98. The zero-order chi connectivity index (χ0) is 18.8. The van der Waals surface area contributed by atoms with Crippen LogP contribution < -0.4 is 5.32 Å². The standard InChI is InChI=1S/C18H18N6O3/c1-3-8-24-14-7-6-12(10-13(14)21-23-24)16-20-18(27-22-16)11(2)19-17(25)15-5-4-9-26-15/h4-7,9-11H,3,8H2,1-2H3,(H,19,25)/t11-/m0/s1. The molecule has 0 saturated carbocycles. The number of benzene rings is 1. The first kappa shape index (κ1) is 17.0. The van der Waals surface area contributed by atoms with Crippen molar-refractivity contribution in [2.45, 2.75) is 32.9 Å². The van der Waals surface area contributed by atoms with Crippen LogP contribution in [0.3, 0.4) is 0 Å². The molecule has 0 aliphatic carbocycles. The number of carbonyl (C=O) groups is 1. The summed E-state index contributed by atoms with van der Waals surface area (Å²) < 4.78 is 12.2. The third-order valence-electron chi connectivity index (χ3n) is 4.11. The van der Waals surface area contributed by atoms with Crippen LogP contribution in [-0.2, 0) is 6.54 Å². The molecule has 0 aliphatic rings. The topological polar surface area (TPSA) is 112 Å². The summed E-state index contributed by atoms with van der Waals surface area (Å²) >= 11 is 0. The highest BCUT2D eigenvalue weighted by molar-refractivity contribution is 5.91. The van der Waals surface area contributed by atoms with Crippen LogP contribution in [0.15, 0.2) is 45.5 Å². The average molecular weight is 366 g/mol. The van der Waals surface area contributed by atoms with E-state index >= 15 is 0 Å². The zero-order valence-electron chi connectivity index (χ0n) is 14.9. The fraction of sp³-hybridized carbons (Fsp3) is 0.278. The van der Waals surface area contributed by atoms with Crippen molar-refractivity contribution in [1.82, 2.24) is 30.5 Å². The maximum atomic E-state index is 12.1. The van der Waals surface area contributed by atoms with Gasteiger partial charge in [0.2, 0.25) is 11.7 Å². The summed E-state index contributed by atoms with van der Waals surface area (Å²) in [5.41, 5.74) is 2.50. The minimum absolute atomic E-state index is 0.224. The van der Waals surface area contributed by atoms with Gasteiger partial charge < -0.3 is 14.3 Å². The summed E-state index contributed by atoms with van der Waals surface area (Å²) in [6, 6.07) is 8.49. The summed E-state index contributed by atoms with van der Waals surface area (Å²) in [5, 5.41) is 15.1. The number of rotatable bonds is 6. The van der Waals surface area contributed by atoms with E-state index in [1.807, 2.05) is 22.9 Å². The summed E-state index contributed by atoms with van der Waals surface area (Å²) in [6.45, 7) is 4.67. The minimum atomic E-state index is -0.460. The SMILES string of the molecule is CCCn1nnc2cc(-c3noc([C@H](C)NC(=O)c4ccco4)n3)ccc21. The Labute approximate surface area is 154 Å². The maximum Gasteiger partial charge on any atom is 0.287 e. The molecule has 4 aromatic rings. The second kappa shape index (κ2) is 7.02. The number of nitrogens with one attached hydrogen (secondary N) is 1. The smallest absolute Gasteiger partial charge is 0.287 e. The number of amides is 1. The molecule has 1 amide bonds. The molecule has 0 spiro atoms.